The molecule has 0 amide bonds. The molecule has 1 aromatic heterocycles. The minimum Gasteiger partial charge on any atom is -0.361 e. The molecule has 0 aliphatic carbocycles. The summed E-state index contributed by atoms with van der Waals surface area (Å²) in [6.45, 7) is 2.62. The normalized spacial score (nSPS) is 10.4. The van der Waals surface area contributed by atoms with Crippen molar-refractivity contribution >= 4 is 0 Å². The summed E-state index contributed by atoms with van der Waals surface area (Å²) in [6, 6.07) is 1.93. The van der Waals surface area contributed by atoms with E-state index in [1.807, 2.05) is 6.07 Å². The number of rotatable bonds is 4. The molecular weight excluding hydrogens is 140 g/mol. The second-order valence-corrected chi connectivity index (χ2v) is 2.59. The van der Waals surface area contributed by atoms with Crippen LogP contribution in [0.3, 0.4) is 0 Å². The van der Waals surface area contributed by atoms with Crippen LogP contribution in [0.1, 0.15) is 31.2 Å². The molecule has 0 unspecified atom stereocenters. The van der Waals surface area contributed by atoms with Crippen LogP contribution in [0.5, 0.6) is 0 Å². The molecule has 0 fully saturated rings. The van der Waals surface area contributed by atoms with Gasteiger partial charge >= 0.3 is 0 Å². The summed E-state index contributed by atoms with van der Waals surface area (Å²) in [5, 5.41) is 3.79. The summed E-state index contributed by atoms with van der Waals surface area (Å²) in [4.78, 5) is 0. The summed E-state index contributed by atoms with van der Waals surface area (Å²) in [6.07, 6.45) is 3.31. The third-order valence-electron chi connectivity index (χ3n) is 1.59. The van der Waals surface area contributed by atoms with Gasteiger partial charge in [0.2, 0.25) is 0 Å². The van der Waals surface area contributed by atoms with Gasteiger partial charge in [-0.15, -0.1) is 0 Å². The molecule has 1 aromatic rings. The molecule has 0 aromatic carbocycles. The lowest BCUT2D eigenvalue weighted by Gasteiger charge is -1.88. The molecular formula is C8H14N2O. The Balaban J connectivity index is 2.44. The lowest BCUT2D eigenvalue weighted by atomic mass is 10.2. The Morgan fingerprint density at radius 1 is 1.64 bits per heavy atom. The van der Waals surface area contributed by atoms with E-state index in [1.54, 1.807) is 0 Å². The van der Waals surface area contributed by atoms with Crippen LogP contribution in [0.25, 0.3) is 0 Å². The molecule has 3 nitrogen and oxygen atoms in total. The first-order chi connectivity index (χ1) is 5.36. The molecule has 0 bridgehead atoms. The van der Waals surface area contributed by atoms with Crippen LogP contribution in [-0.4, -0.2) is 5.16 Å². The van der Waals surface area contributed by atoms with Gasteiger partial charge in [-0.2, -0.15) is 0 Å². The van der Waals surface area contributed by atoms with E-state index < -0.39 is 0 Å². The van der Waals surface area contributed by atoms with Crippen molar-refractivity contribution in [1.29, 1.82) is 0 Å². The molecule has 0 atom stereocenters. The van der Waals surface area contributed by atoms with Gasteiger partial charge in [0.15, 0.2) is 0 Å². The number of hydrogen-bond donors (Lipinski definition) is 1. The third kappa shape index (κ3) is 2.35. The second-order valence-electron chi connectivity index (χ2n) is 2.59. The summed E-state index contributed by atoms with van der Waals surface area (Å²) in [7, 11) is 0. The minimum atomic E-state index is 0.468. The van der Waals surface area contributed by atoms with Gasteiger partial charge < -0.3 is 10.3 Å². The second kappa shape index (κ2) is 4.13. The van der Waals surface area contributed by atoms with Crippen molar-refractivity contribution in [2.24, 2.45) is 5.73 Å². The van der Waals surface area contributed by atoms with Crippen molar-refractivity contribution in [1.82, 2.24) is 5.16 Å². The molecule has 2 N–H and O–H groups in total. The van der Waals surface area contributed by atoms with E-state index in [0.717, 1.165) is 24.3 Å². The van der Waals surface area contributed by atoms with Crippen molar-refractivity contribution in [3.63, 3.8) is 0 Å². The van der Waals surface area contributed by atoms with Gasteiger partial charge in [-0.05, 0) is 6.42 Å². The van der Waals surface area contributed by atoms with Crippen molar-refractivity contribution in [2.75, 3.05) is 0 Å². The van der Waals surface area contributed by atoms with Gasteiger partial charge in [-0.25, -0.2) is 0 Å². The van der Waals surface area contributed by atoms with Crippen molar-refractivity contribution in [2.45, 2.75) is 32.7 Å². The first-order valence-corrected chi connectivity index (χ1v) is 4.01. The minimum absolute atomic E-state index is 0.468. The lowest BCUT2D eigenvalue weighted by Crippen LogP contribution is -1.94. The van der Waals surface area contributed by atoms with E-state index in [9.17, 15) is 0 Å². The van der Waals surface area contributed by atoms with Crippen LogP contribution in [0.15, 0.2) is 10.6 Å². The van der Waals surface area contributed by atoms with Gasteiger partial charge in [-0.3, -0.25) is 0 Å². The molecule has 0 aliphatic rings. The maximum absolute atomic E-state index is 5.37. The summed E-state index contributed by atoms with van der Waals surface area (Å²) >= 11 is 0. The average Bonchev–Trinajstić information content (AvgIpc) is 2.48. The quantitative estimate of drug-likeness (QED) is 0.714. The fourth-order valence-electron chi connectivity index (χ4n) is 0.921. The van der Waals surface area contributed by atoms with E-state index in [0.29, 0.717) is 6.54 Å². The molecule has 0 radical (unpaired) electrons. The fourth-order valence-corrected chi connectivity index (χ4v) is 0.921. The number of unbranched alkanes of at least 4 members (excludes halogenated alkanes) is 1. The molecule has 3 heteroatoms. The molecule has 0 saturated carbocycles. The van der Waals surface area contributed by atoms with Gasteiger partial charge in [0.05, 0.1) is 5.69 Å². The maximum atomic E-state index is 5.37. The molecule has 1 rings (SSSR count). The van der Waals surface area contributed by atoms with Gasteiger partial charge in [0.1, 0.15) is 5.76 Å². The number of aryl methyl sites for hydroxylation is 1. The highest BCUT2D eigenvalue weighted by molar-refractivity contribution is 5.04. The number of hydrogen-bond acceptors (Lipinski definition) is 3. The fraction of sp³-hybridized carbons (Fsp3) is 0.625. The smallest absolute Gasteiger partial charge is 0.137 e. The average molecular weight is 154 g/mol. The Morgan fingerprint density at radius 3 is 3.00 bits per heavy atom. The highest BCUT2D eigenvalue weighted by Gasteiger charge is 2.00. The van der Waals surface area contributed by atoms with Crippen LogP contribution in [0.2, 0.25) is 0 Å². The molecule has 62 valence electrons. The molecule has 0 saturated heterocycles. The van der Waals surface area contributed by atoms with E-state index >= 15 is 0 Å². The standard InChI is InChI=1S/C8H14N2O/c1-2-3-4-8-5-7(6-9)10-11-8/h5H,2-4,6,9H2,1H3. The highest BCUT2D eigenvalue weighted by Crippen LogP contribution is 2.06. The van der Waals surface area contributed by atoms with Gasteiger partial charge in [0, 0.05) is 19.0 Å². The lowest BCUT2D eigenvalue weighted by molar-refractivity contribution is 0.374. The molecule has 0 aliphatic heterocycles. The van der Waals surface area contributed by atoms with Crippen molar-refractivity contribution in [3.05, 3.63) is 17.5 Å². The zero-order valence-electron chi connectivity index (χ0n) is 6.84. The first kappa shape index (κ1) is 8.27. The molecule has 1 heterocycles. The van der Waals surface area contributed by atoms with Crippen LogP contribution in [0, 0.1) is 0 Å². The van der Waals surface area contributed by atoms with Crippen molar-refractivity contribution < 1.29 is 4.52 Å². The Hall–Kier alpha value is -0.830. The summed E-state index contributed by atoms with van der Waals surface area (Å²) in [5.74, 6) is 0.951. The predicted octanol–water partition coefficient (Wildman–Crippen LogP) is 1.48. The zero-order valence-corrected chi connectivity index (χ0v) is 6.84. The zero-order chi connectivity index (χ0) is 8.10. The Morgan fingerprint density at radius 2 is 2.45 bits per heavy atom. The van der Waals surface area contributed by atoms with E-state index in [4.69, 9.17) is 10.3 Å². The Bertz CT molecular complexity index is 208. The molecule has 0 spiro atoms. The molecule has 11 heavy (non-hydrogen) atoms. The number of aromatic nitrogens is 1. The van der Waals surface area contributed by atoms with Crippen LogP contribution >= 0.6 is 0 Å². The SMILES string of the molecule is CCCCc1cc(CN)no1. The van der Waals surface area contributed by atoms with Gasteiger partial charge in [-0.1, -0.05) is 18.5 Å². The Kier molecular flexibility index (Phi) is 3.11. The van der Waals surface area contributed by atoms with Gasteiger partial charge in [0.25, 0.3) is 0 Å². The van der Waals surface area contributed by atoms with Crippen LogP contribution in [-0.2, 0) is 13.0 Å². The van der Waals surface area contributed by atoms with E-state index in [2.05, 4.69) is 12.1 Å². The first-order valence-electron chi connectivity index (χ1n) is 4.01. The van der Waals surface area contributed by atoms with Crippen LogP contribution < -0.4 is 5.73 Å². The summed E-state index contributed by atoms with van der Waals surface area (Å²) in [5.41, 5.74) is 6.21. The van der Waals surface area contributed by atoms with E-state index in [1.165, 1.54) is 6.42 Å². The third-order valence-corrected chi connectivity index (χ3v) is 1.59. The Labute approximate surface area is 66.6 Å². The monoisotopic (exact) mass is 154 g/mol. The maximum Gasteiger partial charge on any atom is 0.137 e. The number of nitrogens with two attached hydrogens (primary N) is 1. The van der Waals surface area contributed by atoms with Crippen molar-refractivity contribution in [3.8, 4) is 0 Å². The predicted molar refractivity (Wildman–Crippen MR) is 43.0 cm³/mol. The largest absolute Gasteiger partial charge is 0.361 e. The number of nitrogens with zero attached hydrogens (tertiary/aromatic N) is 1. The topological polar surface area (TPSA) is 52.0 Å². The van der Waals surface area contributed by atoms with E-state index in [-0.39, 0.29) is 0 Å². The van der Waals surface area contributed by atoms with Crippen LogP contribution in [0.4, 0.5) is 0 Å². The summed E-state index contributed by atoms with van der Waals surface area (Å²) < 4.78 is 5.03. The highest BCUT2D eigenvalue weighted by atomic mass is 16.5.